The Hall–Kier alpha value is -4.94. The number of nitrogens with zero attached hydrogens (tertiary/aromatic N) is 6. The Labute approximate surface area is 324 Å². The number of benzene rings is 2. The molecule has 3 aliphatic rings. The number of rotatable bonds is 7. The molecule has 0 saturated carbocycles. The third-order valence-corrected chi connectivity index (χ3v) is 13.4. The number of ether oxygens (including phenoxy) is 1. The normalized spacial score (nSPS) is 20.9. The third-order valence-electron chi connectivity index (χ3n) is 11.2. The Morgan fingerprint density at radius 1 is 0.982 bits per heavy atom. The standard InChI is InChI=1S/C43H52N6O5S/c1-30-26-33(16-17-38(30)47-24-22-45(6)23-25-47)34-10-8-19-43(5,27-34)55(52,53)49-29-37(36-11-9-20-44-39(36)49)31-12-14-32(15-13-31)40(50)48-21-18-35(28-48)46(7)41(51)54-42(2,3)4/h8-17,20,26-27,29,35H,18-19,21-25,28H2,1-7H3/t35-,43?/m1/s1. The van der Waals surface area contributed by atoms with E-state index in [4.69, 9.17) is 4.74 Å². The number of hydrogen-bond acceptors (Lipinski definition) is 8. The second kappa shape index (κ2) is 14.6. The van der Waals surface area contributed by atoms with Crippen LogP contribution < -0.4 is 4.90 Å². The molecule has 2 aromatic carbocycles. The van der Waals surface area contributed by atoms with E-state index in [1.165, 1.54) is 15.2 Å². The molecule has 2 aliphatic heterocycles. The van der Waals surface area contributed by atoms with Gasteiger partial charge in [0.1, 0.15) is 10.3 Å². The molecule has 4 aromatic rings. The highest BCUT2D eigenvalue weighted by Crippen LogP contribution is 2.39. The van der Waals surface area contributed by atoms with Crippen molar-refractivity contribution in [2.75, 3.05) is 58.3 Å². The van der Waals surface area contributed by atoms with Crippen molar-refractivity contribution < 1.29 is 22.7 Å². The molecule has 7 rings (SSSR count). The van der Waals surface area contributed by atoms with Gasteiger partial charge in [0.05, 0.1) is 6.04 Å². The van der Waals surface area contributed by atoms with Crippen molar-refractivity contribution >= 4 is 44.3 Å². The quantitative estimate of drug-likeness (QED) is 0.202. The number of anilines is 1. The summed E-state index contributed by atoms with van der Waals surface area (Å²) in [6.45, 7) is 14.4. The predicted molar refractivity (Wildman–Crippen MR) is 219 cm³/mol. The van der Waals surface area contributed by atoms with Gasteiger partial charge >= 0.3 is 6.09 Å². The van der Waals surface area contributed by atoms with Crippen molar-refractivity contribution in [1.82, 2.24) is 23.7 Å². The van der Waals surface area contributed by atoms with E-state index >= 15 is 0 Å². The summed E-state index contributed by atoms with van der Waals surface area (Å²) >= 11 is 0. The molecule has 0 spiro atoms. The summed E-state index contributed by atoms with van der Waals surface area (Å²) in [5.74, 6) is -0.122. The fourth-order valence-corrected chi connectivity index (χ4v) is 9.47. The second-order valence-electron chi connectivity index (χ2n) is 16.4. The number of carbonyl (C=O) groups is 2. The van der Waals surface area contributed by atoms with Crippen molar-refractivity contribution in [2.24, 2.45) is 0 Å². The van der Waals surface area contributed by atoms with Crippen LogP contribution in [0, 0.1) is 6.92 Å². The van der Waals surface area contributed by atoms with Crippen LogP contribution in [-0.2, 0) is 14.8 Å². The largest absolute Gasteiger partial charge is 0.444 e. The molecule has 0 N–H and O–H groups in total. The first-order chi connectivity index (χ1) is 26.0. The molecule has 2 amide bonds. The van der Waals surface area contributed by atoms with Gasteiger partial charge in [-0.1, -0.05) is 36.4 Å². The van der Waals surface area contributed by atoms with Gasteiger partial charge in [-0.05, 0) is 113 Å². The van der Waals surface area contributed by atoms with Crippen molar-refractivity contribution in [3.8, 4) is 11.1 Å². The zero-order valence-electron chi connectivity index (χ0n) is 32.9. The fraction of sp³-hybridized carbons (Fsp3) is 0.419. The summed E-state index contributed by atoms with van der Waals surface area (Å²) in [6, 6.07) is 17.2. The molecule has 11 nitrogen and oxygen atoms in total. The van der Waals surface area contributed by atoms with Crippen LogP contribution in [0.1, 0.15) is 62.0 Å². The molecular formula is C43H52N6O5S. The van der Waals surface area contributed by atoms with E-state index < -0.39 is 26.5 Å². The van der Waals surface area contributed by atoms with Crippen LogP contribution in [0.2, 0.25) is 0 Å². The molecule has 2 atom stereocenters. The predicted octanol–water partition coefficient (Wildman–Crippen LogP) is 6.83. The molecule has 0 radical (unpaired) electrons. The van der Waals surface area contributed by atoms with Gasteiger partial charge in [0.25, 0.3) is 5.91 Å². The van der Waals surface area contributed by atoms with Gasteiger partial charge in [-0.15, -0.1) is 0 Å². The molecule has 4 heterocycles. The van der Waals surface area contributed by atoms with Crippen molar-refractivity contribution in [3.05, 3.63) is 102 Å². The summed E-state index contributed by atoms with van der Waals surface area (Å²) in [7, 11) is -0.142. The summed E-state index contributed by atoms with van der Waals surface area (Å²) in [6.07, 6.45) is 9.70. The number of carbonyl (C=O) groups excluding carboxylic acids is 2. The topological polar surface area (TPSA) is 108 Å². The first kappa shape index (κ1) is 38.3. The minimum absolute atomic E-state index is 0.122. The van der Waals surface area contributed by atoms with Crippen molar-refractivity contribution in [3.63, 3.8) is 0 Å². The Morgan fingerprint density at radius 2 is 1.69 bits per heavy atom. The number of amides is 2. The summed E-state index contributed by atoms with van der Waals surface area (Å²) in [4.78, 5) is 38.8. The van der Waals surface area contributed by atoms with Crippen LogP contribution in [0.25, 0.3) is 27.7 Å². The minimum atomic E-state index is -4.00. The van der Waals surface area contributed by atoms with Crippen LogP contribution in [0.5, 0.6) is 0 Å². The maximum Gasteiger partial charge on any atom is 0.410 e. The van der Waals surface area contributed by atoms with E-state index in [9.17, 15) is 18.0 Å². The maximum absolute atomic E-state index is 14.7. The molecule has 2 fully saturated rings. The Kier molecular flexibility index (Phi) is 10.2. The summed E-state index contributed by atoms with van der Waals surface area (Å²) < 4.78 is 35.1. The zero-order valence-corrected chi connectivity index (χ0v) is 33.8. The Bertz CT molecular complexity index is 2280. The molecule has 1 aliphatic carbocycles. The minimum Gasteiger partial charge on any atom is -0.444 e. The lowest BCUT2D eigenvalue weighted by molar-refractivity contribution is 0.0226. The van der Waals surface area contributed by atoms with Gasteiger partial charge in [-0.2, -0.15) is 0 Å². The first-order valence-electron chi connectivity index (χ1n) is 19.1. The van der Waals surface area contributed by atoms with E-state index in [2.05, 4.69) is 47.0 Å². The van der Waals surface area contributed by atoms with Gasteiger partial charge in [0.15, 0.2) is 5.65 Å². The van der Waals surface area contributed by atoms with E-state index in [1.54, 1.807) is 54.4 Å². The van der Waals surface area contributed by atoms with Crippen LogP contribution in [0.4, 0.5) is 10.5 Å². The lowest BCUT2D eigenvalue weighted by Crippen LogP contribution is -2.44. The van der Waals surface area contributed by atoms with Gasteiger partial charge in [-0.25, -0.2) is 22.2 Å². The van der Waals surface area contributed by atoms with Gasteiger partial charge in [-0.3, -0.25) is 4.79 Å². The number of hydrogen-bond donors (Lipinski definition) is 0. The number of piperazine rings is 1. The van der Waals surface area contributed by atoms with E-state index in [0.29, 0.717) is 48.1 Å². The molecule has 290 valence electrons. The molecular weight excluding hydrogens is 713 g/mol. The lowest BCUT2D eigenvalue weighted by atomic mass is 9.92. The van der Waals surface area contributed by atoms with Crippen LogP contribution >= 0.6 is 0 Å². The molecule has 2 aromatic heterocycles. The number of likely N-dealkylation sites (N-methyl/N-ethyl adjacent to an activating group) is 2. The third kappa shape index (κ3) is 7.54. The highest BCUT2D eigenvalue weighted by molar-refractivity contribution is 7.91. The van der Waals surface area contributed by atoms with Gasteiger partial charge in [0, 0.05) is 80.9 Å². The Morgan fingerprint density at radius 3 is 2.38 bits per heavy atom. The lowest BCUT2D eigenvalue weighted by Gasteiger charge is -2.35. The average molecular weight is 765 g/mol. The number of aryl methyl sites for hydroxylation is 1. The van der Waals surface area contributed by atoms with E-state index in [0.717, 1.165) is 42.9 Å². The molecule has 1 unspecified atom stereocenters. The maximum atomic E-state index is 14.7. The van der Waals surface area contributed by atoms with Crippen molar-refractivity contribution in [1.29, 1.82) is 0 Å². The van der Waals surface area contributed by atoms with Crippen LogP contribution in [0.15, 0.2) is 85.2 Å². The smallest absolute Gasteiger partial charge is 0.410 e. The molecule has 2 saturated heterocycles. The fourth-order valence-electron chi connectivity index (χ4n) is 7.82. The van der Waals surface area contributed by atoms with Crippen molar-refractivity contribution in [2.45, 2.75) is 63.9 Å². The number of pyridine rings is 1. The van der Waals surface area contributed by atoms with Gasteiger partial charge in [0.2, 0.25) is 10.0 Å². The number of aromatic nitrogens is 2. The molecule has 55 heavy (non-hydrogen) atoms. The summed E-state index contributed by atoms with van der Waals surface area (Å²) in [5, 5.41) is 0.701. The van der Waals surface area contributed by atoms with Crippen LogP contribution in [-0.4, -0.2) is 114 Å². The SMILES string of the molecule is Cc1cc(C2=CC(C)(S(=O)(=O)n3cc(-c4ccc(C(=O)N5CC[C@@H](N(C)C(=O)OC(C)(C)C)C5)cc4)c4cccnc43)CC=C2)ccc1N1CCN(C)CC1. The average Bonchev–Trinajstić information content (AvgIpc) is 3.81. The Balaban J connectivity index is 1.12. The van der Waals surface area contributed by atoms with E-state index in [-0.39, 0.29) is 11.9 Å². The zero-order chi connectivity index (χ0) is 39.3. The highest BCUT2D eigenvalue weighted by atomic mass is 32.2. The van der Waals surface area contributed by atoms with Crippen LogP contribution in [0.3, 0.4) is 0 Å². The summed E-state index contributed by atoms with van der Waals surface area (Å²) in [5.41, 5.74) is 5.99. The monoisotopic (exact) mass is 764 g/mol. The first-order valence-corrected chi connectivity index (χ1v) is 20.5. The molecule has 0 bridgehead atoms. The van der Waals surface area contributed by atoms with E-state index in [1.807, 2.05) is 57.2 Å². The number of allylic oxidation sites excluding steroid dienone is 3. The molecule has 12 heteroatoms. The number of likely N-dealkylation sites (tertiary alicyclic amines) is 1. The number of fused-ring (bicyclic) bond motifs is 1. The van der Waals surface area contributed by atoms with Gasteiger partial charge < -0.3 is 24.3 Å². The second-order valence-corrected chi connectivity index (χ2v) is 18.7. The highest BCUT2D eigenvalue weighted by Gasteiger charge is 2.41.